The van der Waals surface area contributed by atoms with Crippen LogP contribution in [0.1, 0.15) is 56.8 Å². The first-order valence-electron chi connectivity index (χ1n) is 7.78. The summed E-state index contributed by atoms with van der Waals surface area (Å²) in [4.78, 5) is 11.9. The number of esters is 1. The Morgan fingerprint density at radius 1 is 1.43 bits per heavy atom. The molecule has 116 valence electrons. The Morgan fingerprint density at radius 2 is 2.19 bits per heavy atom. The second kappa shape index (κ2) is 6.37. The summed E-state index contributed by atoms with van der Waals surface area (Å²) in [6.45, 7) is 6.72. The molecule has 1 atom stereocenters. The second-order valence-corrected chi connectivity index (χ2v) is 6.42. The number of benzene rings is 1. The van der Waals surface area contributed by atoms with Crippen molar-refractivity contribution in [3.8, 4) is 0 Å². The van der Waals surface area contributed by atoms with E-state index in [2.05, 4.69) is 19.2 Å². The van der Waals surface area contributed by atoms with E-state index in [9.17, 15) is 4.79 Å². The second-order valence-electron chi connectivity index (χ2n) is 6.42. The van der Waals surface area contributed by atoms with Gasteiger partial charge in [-0.1, -0.05) is 32.8 Å². The third-order valence-corrected chi connectivity index (χ3v) is 4.44. The van der Waals surface area contributed by atoms with Crippen LogP contribution in [0.2, 0.25) is 0 Å². The summed E-state index contributed by atoms with van der Waals surface area (Å²) in [7, 11) is 0. The molecule has 0 saturated heterocycles. The van der Waals surface area contributed by atoms with E-state index in [1.165, 1.54) is 19.3 Å². The van der Waals surface area contributed by atoms with Crippen LogP contribution in [0.15, 0.2) is 18.2 Å². The minimum atomic E-state index is -0.360. The summed E-state index contributed by atoms with van der Waals surface area (Å²) in [6.07, 6.45) is 4.86. The minimum absolute atomic E-state index is 0.241. The van der Waals surface area contributed by atoms with Gasteiger partial charge in [-0.05, 0) is 37.3 Å². The molecule has 1 aromatic carbocycles. The van der Waals surface area contributed by atoms with Gasteiger partial charge >= 0.3 is 5.97 Å². The average Bonchev–Trinajstić information content (AvgIpc) is 2.43. The van der Waals surface area contributed by atoms with Crippen LogP contribution in [-0.2, 0) is 4.74 Å². The van der Waals surface area contributed by atoms with E-state index < -0.39 is 0 Å². The highest BCUT2D eigenvalue weighted by Gasteiger charge is 2.32. The van der Waals surface area contributed by atoms with E-state index in [-0.39, 0.29) is 11.4 Å². The molecule has 1 saturated carbocycles. The van der Waals surface area contributed by atoms with Crippen LogP contribution in [-0.4, -0.2) is 18.6 Å². The van der Waals surface area contributed by atoms with Gasteiger partial charge in [0.05, 0.1) is 23.5 Å². The number of rotatable bonds is 4. The van der Waals surface area contributed by atoms with Gasteiger partial charge < -0.3 is 15.8 Å². The molecule has 1 aliphatic rings. The molecule has 1 unspecified atom stereocenters. The SMILES string of the molecule is CCOC(=O)c1cccc(NC2CCCCC2(C)C)c1N. The van der Waals surface area contributed by atoms with Crippen molar-refractivity contribution < 1.29 is 9.53 Å². The number of carbonyl (C=O) groups is 1. The van der Waals surface area contributed by atoms with Crippen molar-refractivity contribution in [1.82, 2.24) is 0 Å². The molecule has 0 radical (unpaired) electrons. The van der Waals surface area contributed by atoms with Gasteiger partial charge in [-0.25, -0.2) is 4.79 Å². The fraction of sp³-hybridized carbons (Fsp3) is 0.588. The number of carbonyl (C=O) groups excluding carboxylic acids is 1. The van der Waals surface area contributed by atoms with Crippen LogP contribution in [0.3, 0.4) is 0 Å². The van der Waals surface area contributed by atoms with E-state index in [0.29, 0.717) is 23.9 Å². The molecular formula is C17H26N2O2. The molecule has 3 N–H and O–H groups in total. The highest BCUT2D eigenvalue weighted by Crippen LogP contribution is 2.38. The van der Waals surface area contributed by atoms with E-state index in [0.717, 1.165) is 12.1 Å². The van der Waals surface area contributed by atoms with Crippen molar-refractivity contribution in [1.29, 1.82) is 0 Å². The molecule has 0 amide bonds. The average molecular weight is 290 g/mol. The zero-order chi connectivity index (χ0) is 15.5. The Morgan fingerprint density at radius 3 is 2.86 bits per heavy atom. The van der Waals surface area contributed by atoms with Crippen LogP contribution in [0.4, 0.5) is 11.4 Å². The lowest BCUT2D eigenvalue weighted by Crippen LogP contribution is -2.39. The van der Waals surface area contributed by atoms with Gasteiger partial charge in [0.2, 0.25) is 0 Å². The summed E-state index contributed by atoms with van der Waals surface area (Å²) >= 11 is 0. The fourth-order valence-electron chi connectivity index (χ4n) is 3.03. The van der Waals surface area contributed by atoms with Crippen LogP contribution >= 0.6 is 0 Å². The number of anilines is 2. The maximum absolute atomic E-state index is 11.9. The molecule has 0 spiro atoms. The maximum atomic E-state index is 11.9. The molecule has 0 aliphatic heterocycles. The summed E-state index contributed by atoms with van der Waals surface area (Å²) in [5.41, 5.74) is 8.16. The lowest BCUT2D eigenvalue weighted by molar-refractivity contribution is 0.0527. The number of hydrogen-bond donors (Lipinski definition) is 2. The van der Waals surface area contributed by atoms with Crippen molar-refractivity contribution in [2.45, 2.75) is 52.5 Å². The van der Waals surface area contributed by atoms with Crippen molar-refractivity contribution in [3.63, 3.8) is 0 Å². The molecular weight excluding hydrogens is 264 g/mol. The lowest BCUT2D eigenvalue weighted by atomic mass is 9.73. The van der Waals surface area contributed by atoms with Crippen molar-refractivity contribution >= 4 is 17.3 Å². The predicted octanol–water partition coefficient (Wildman–Crippen LogP) is 3.83. The molecule has 1 aliphatic carbocycles. The number of hydrogen-bond acceptors (Lipinski definition) is 4. The Bertz CT molecular complexity index is 512. The van der Waals surface area contributed by atoms with E-state index in [1.807, 2.05) is 12.1 Å². The van der Waals surface area contributed by atoms with E-state index >= 15 is 0 Å². The van der Waals surface area contributed by atoms with Gasteiger partial charge in [-0.15, -0.1) is 0 Å². The summed E-state index contributed by atoms with van der Waals surface area (Å²) in [5.74, 6) is -0.360. The Hall–Kier alpha value is -1.71. The Kier molecular flexibility index (Phi) is 4.76. The van der Waals surface area contributed by atoms with E-state index in [4.69, 9.17) is 10.5 Å². The highest BCUT2D eigenvalue weighted by molar-refractivity contribution is 5.98. The largest absolute Gasteiger partial charge is 0.462 e. The third-order valence-electron chi connectivity index (χ3n) is 4.44. The number of nitrogens with two attached hydrogens (primary N) is 1. The maximum Gasteiger partial charge on any atom is 0.340 e. The van der Waals surface area contributed by atoms with Crippen LogP contribution in [0.5, 0.6) is 0 Å². The number of ether oxygens (including phenoxy) is 1. The lowest BCUT2D eigenvalue weighted by Gasteiger charge is -2.40. The van der Waals surface area contributed by atoms with Gasteiger partial charge in [-0.2, -0.15) is 0 Å². The number of nitrogens with one attached hydrogen (secondary N) is 1. The Balaban J connectivity index is 2.20. The number of nitrogen functional groups attached to an aromatic ring is 1. The van der Waals surface area contributed by atoms with Crippen LogP contribution < -0.4 is 11.1 Å². The molecule has 4 heteroatoms. The predicted molar refractivity (Wildman–Crippen MR) is 86.5 cm³/mol. The highest BCUT2D eigenvalue weighted by atomic mass is 16.5. The van der Waals surface area contributed by atoms with Gasteiger partial charge in [0.25, 0.3) is 0 Å². The number of para-hydroxylation sites is 1. The quantitative estimate of drug-likeness (QED) is 0.653. The van der Waals surface area contributed by atoms with Crippen LogP contribution in [0.25, 0.3) is 0 Å². The summed E-state index contributed by atoms with van der Waals surface area (Å²) < 4.78 is 5.05. The van der Waals surface area contributed by atoms with Crippen molar-refractivity contribution in [2.75, 3.05) is 17.7 Å². The molecule has 0 aromatic heterocycles. The first-order valence-corrected chi connectivity index (χ1v) is 7.78. The minimum Gasteiger partial charge on any atom is -0.462 e. The van der Waals surface area contributed by atoms with Gasteiger partial charge in [0, 0.05) is 6.04 Å². The Labute approximate surface area is 127 Å². The van der Waals surface area contributed by atoms with Gasteiger partial charge in [-0.3, -0.25) is 0 Å². The molecule has 1 fully saturated rings. The third kappa shape index (κ3) is 3.49. The molecule has 0 bridgehead atoms. The first kappa shape index (κ1) is 15.7. The topological polar surface area (TPSA) is 64.3 Å². The van der Waals surface area contributed by atoms with Crippen molar-refractivity contribution in [3.05, 3.63) is 23.8 Å². The zero-order valence-electron chi connectivity index (χ0n) is 13.2. The molecule has 0 heterocycles. The fourth-order valence-corrected chi connectivity index (χ4v) is 3.03. The summed E-state index contributed by atoms with van der Waals surface area (Å²) in [5, 5.41) is 3.54. The van der Waals surface area contributed by atoms with Gasteiger partial charge in [0.1, 0.15) is 0 Å². The normalized spacial score (nSPS) is 20.8. The molecule has 1 aromatic rings. The zero-order valence-corrected chi connectivity index (χ0v) is 13.2. The smallest absolute Gasteiger partial charge is 0.340 e. The van der Waals surface area contributed by atoms with Crippen molar-refractivity contribution in [2.24, 2.45) is 5.41 Å². The summed E-state index contributed by atoms with van der Waals surface area (Å²) in [6, 6.07) is 5.87. The van der Waals surface area contributed by atoms with E-state index in [1.54, 1.807) is 13.0 Å². The molecule has 2 rings (SSSR count). The molecule has 4 nitrogen and oxygen atoms in total. The van der Waals surface area contributed by atoms with Crippen LogP contribution in [0, 0.1) is 5.41 Å². The standard InChI is InChI=1S/C17H26N2O2/c1-4-21-16(20)12-8-7-9-13(15(12)18)19-14-10-5-6-11-17(14,2)3/h7-9,14,19H,4-6,10-11,18H2,1-3H3. The first-order chi connectivity index (χ1) is 9.95. The van der Waals surface area contributed by atoms with Gasteiger partial charge in [0.15, 0.2) is 0 Å². The molecule has 21 heavy (non-hydrogen) atoms. The monoisotopic (exact) mass is 290 g/mol.